The second-order valence-electron chi connectivity index (χ2n) is 4.80. The molecule has 3 aliphatic rings. The van der Waals surface area contributed by atoms with Gasteiger partial charge in [0, 0.05) is 10.2 Å². The van der Waals surface area contributed by atoms with Gasteiger partial charge in [-0.2, -0.15) is 0 Å². The van der Waals surface area contributed by atoms with Gasteiger partial charge in [0.05, 0.1) is 12.0 Å². The van der Waals surface area contributed by atoms with E-state index < -0.39 is 0 Å². The van der Waals surface area contributed by atoms with E-state index in [1.165, 1.54) is 12.8 Å². The third-order valence-corrected chi connectivity index (χ3v) is 4.85. The Labute approximate surface area is 81.5 Å². The summed E-state index contributed by atoms with van der Waals surface area (Å²) in [6.45, 7) is 0.654. The van der Waals surface area contributed by atoms with Gasteiger partial charge in [-0.05, 0) is 36.6 Å². The molecule has 4 unspecified atom stereocenters. The van der Waals surface area contributed by atoms with Gasteiger partial charge in [-0.1, -0.05) is 6.42 Å². The Morgan fingerprint density at radius 3 is 2.85 bits per heavy atom. The van der Waals surface area contributed by atoms with Crippen molar-refractivity contribution >= 4 is 16.2 Å². The van der Waals surface area contributed by atoms with Crippen molar-refractivity contribution in [2.45, 2.75) is 31.2 Å². The average molecular weight is 193 g/mol. The molecule has 2 nitrogen and oxygen atoms in total. The number of cyclic esters (lactones) is 1. The lowest BCUT2D eigenvalue weighted by Gasteiger charge is -2.33. The highest BCUT2D eigenvalue weighted by atomic mass is 28.1. The minimum Gasteiger partial charge on any atom is -0.465 e. The monoisotopic (exact) mass is 193 g/mol. The predicted molar refractivity (Wildman–Crippen MR) is 48.3 cm³/mol. The van der Waals surface area contributed by atoms with E-state index in [2.05, 4.69) is 10.2 Å². The van der Waals surface area contributed by atoms with Crippen LogP contribution in [0.5, 0.6) is 0 Å². The second-order valence-corrected chi connectivity index (χ2v) is 5.54. The van der Waals surface area contributed by atoms with E-state index in [9.17, 15) is 4.79 Å². The molecule has 0 N–H and O–H groups in total. The molecule has 4 atom stereocenters. The summed E-state index contributed by atoms with van der Waals surface area (Å²) in [6, 6.07) is 0. The highest BCUT2D eigenvalue weighted by molar-refractivity contribution is 6.12. The predicted octanol–water partition coefficient (Wildman–Crippen LogP) is 1.31. The average Bonchev–Trinajstić information content (AvgIpc) is 2.69. The van der Waals surface area contributed by atoms with Crippen molar-refractivity contribution in [2.75, 3.05) is 6.61 Å². The van der Waals surface area contributed by atoms with Crippen LogP contribution in [0, 0.1) is 17.3 Å². The molecular weight excluding hydrogens is 180 g/mol. The summed E-state index contributed by atoms with van der Waals surface area (Å²) in [4.78, 5) is 11.7. The Hall–Kier alpha value is -0.313. The molecule has 1 heterocycles. The molecule has 0 aromatic heterocycles. The summed E-state index contributed by atoms with van der Waals surface area (Å²) in [5.74, 6) is 1.42. The van der Waals surface area contributed by atoms with Gasteiger partial charge in [0.25, 0.3) is 0 Å². The molecule has 1 saturated heterocycles. The topological polar surface area (TPSA) is 26.3 Å². The Bertz CT molecular complexity index is 266. The first-order valence-corrected chi connectivity index (χ1v) is 5.68. The van der Waals surface area contributed by atoms with Crippen molar-refractivity contribution in [1.82, 2.24) is 0 Å². The number of carbonyl (C=O) groups excluding carboxylic acids is 1. The smallest absolute Gasteiger partial charge is 0.312 e. The summed E-state index contributed by atoms with van der Waals surface area (Å²) < 4.78 is 5.13. The first-order valence-electron chi connectivity index (χ1n) is 5.11. The maximum atomic E-state index is 11.7. The van der Waals surface area contributed by atoms with E-state index >= 15 is 0 Å². The van der Waals surface area contributed by atoms with Gasteiger partial charge in [-0.25, -0.2) is 0 Å². The molecule has 2 saturated carbocycles. The first-order chi connectivity index (χ1) is 6.22. The van der Waals surface area contributed by atoms with Crippen LogP contribution in [0.4, 0.5) is 0 Å². The zero-order valence-electron chi connectivity index (χ0n) is 7.58. The van der Waals surface area contributed by atoms with Crippen LogP contribution in [0.2, 0.25) is 5.54 Å². The van der Waals surface area contributed by atoms with Crippen molar-refractivity contribution in [3.63, 3.8) is 0 Å². The maximum absolute atomic E-state index is 11.7. The summed E-state index contributed by atoms with van der Waals surface area (Å²) in [7, 11) is 3.75. The van der Waals surface area contributed by atoms with Gasteiger partial charge >= 0.3 is 5.97 Å². The molecule has 2 aliphatic carbocycles. The molecule has 0 aromatic carbocycles. The minimum absolute atomic E-state index is 0.0741. The number of esters is 1. The fourth-order valence-electron chi connectivity index (χ4n) is 3.68. The number of hydrogen-bond donors (Lipinski definition) is 0. The first kappa shape index (κ1) is 8.03. The van der Waals surface area contributed by atoms with E-state index in [1.54, 1.807) is 0 Å². The molecule has 69 valence electrons. The van der Waals surface area contributed by atoms with Crippen LogP contribution in [0.1, 0.15) is 25.7 Å². The Kier molecular flexibility index (Phi) is 1.47. The Balaban J connectivity index is 1.97. The molecule has 3 rings (SSSR count). The molecule has 13 heavy (non-hydrogen) atoms. The lowest BCUT2D eigenvalue weighted by molar-refractivity contribution is -0.148. The van der Waals surface area contributed by atoms with Crippen LogP contribution >= 0.6 is 0 Å². The standard InChI is InChI=1S/C10H13O2Si/c11-9-10(1-2-12-9)5-6-3-7(10)8(13)4-6/h6-8H,1-5H2. The number of fused-ring (bicyclic) bond motifs is 3. The molecule has 3 radical (unpaired) electrons. The van der Waals surface area contributed by atoms with Crippen LogP contribution < -0.4 is 0 Å². The third kappa shape index (κ3) is 0.861. The largest absolute Gasteiger partial charge is 0.465 e. The Morgan fingerprint density at radius 1 is 1.46 bits per heavy atom. The molecule has 0 amide bonds. The van der Waals surface area contributed by atoms with Crippen molar-refractivity contribution in [2.24, 2.45) is 17.3 Å². The van der Waals surface area contributed by atoms with E-state index in [-0.39, 0.29) is 11.4 Å². The SMILES string of the molecule is O=C1OCCC12CC1CC([Si])C2C1. The maximum Gasteiger partial charge on any atom is 0.312 e. The summed E-state index contributed by atoms with van der Waals surface area (Å²) in [5, 5.41) is 0. The second kappa shape index (κ2) is 2.38. The fourth-order valence-corrected chi connectivity index (χ4v) is 4.47. The van der Waals surface area contributed by atoms with Gasteiger partial charge in [0.15, 0.2) is 0 Å². The van der Waals surface area contributed by atoms with Crippen LogP contribution in [0.15, 0.2) is 0 Å². The number of ether oxygens (including phenoxy) is 1. The highest BCUT2D eigenvalue weighted by Gasteiger charge is 2.60. The van der Waals surface area contributed by atoms with Crippen LogP contribution in [0.3, 0.4) is 0 Å². The normalized spacial score (nSPS) is 53.3. The van der Waals surface area contributed by atoms with E-state index in [1.807, 2.05) is 0 Å². The fraction of sp³-hybridized carbons (Fsp3) is 0.900. The van der Waals surface area contributed by atoms with Crippen LogP contribution in [-0.4, -0.2) is 22.8 Å². The number of rotatable bonds is 0. The number of hydrogen-bond acceptors (Lipinski definition) is 2. The quantitative estimate of drug-likeness (QED) is 0.428. The molecular formula is C10H13O2Si. The van der Waals surface area contributed by atoms with Crippen molar-refractivity contribution < 1.29 is 9.53 Å². The van der Waals surface area contributed by atoms with Gasteiger partial charge in [-0.3, -0.25) is 4.79 Å². The zero-order valence-corrected chi connectivity index (χ0v) is 8.58. The Morgan fingerprint density at radius 2 is 2.31 bits per heavy atom. The molecule has 3 fully saturated rings. The van der Waals surface area contributed by atoms with Crippen molar-refractivity contribution in [3.05, 3.63) is 0 Å². The zero-order chi connectivity index (χ0) is 9.05. The lowest BCUT2D eigenvalue weighted by atomic mass is 9.72. The molecule has 1 aliphatic heterocycles. The lowest BCUT2D eigenvalue weighted by Crippen LogP contribution is -2.35. The van der Waals surface area contributed by atoms with E-state index in [0.717, 1.165) is 18.8 Å². The van der Waals surface area contributed by atoms with Crippen molar-refractivity contribution in [1.29, 1.82) is 0 Å². The van der Waals surface area contributed by atoms with Gasteiger partial charge < -0.3 is 4.74 Å². The molecule has 1 spiro atoms. The summed E-state index contributed by atoms with van der Waals surface area (Å²) in [5.41, 5.74) is 0.486. The summed E-state index contributed by atoms with van der Waals surface area (Å²) in [6.07, 6.45) is 4.56. The van der Waals surface area contributed by atoms with Gasteiger partial charge in [0.2, 0.25) is 0 Å². The van der Waals surface area contributed by atoms with Crippen molar-refractivity contribution in [3.8, 4) is 0 Å². The molecule has 2 bridgehead atoms. The minimum atomic E-state index is -0.0741. The molecule has 3 heteroatoms. The summed E-state index contributed by atoms with van der Waals surface area (Å²) >= 11 is 0. The van der Waals surface area contributed by atoms with Crippen LogP contribution in [0.25, 0.3) is 0 Å². The highest BCUT2D eigenvalue weighted by Crippen LogP contribution is 2.63. The van der Waals surface area contributed by atoms with E-state index in [0.29, 0.717) is 18.1 Å². The van der Waals surface area contributed by atoms with Gasteiger partial charge in [0.1, 0.15) is 0 Å². The third-order valence-electron chi connectivity index (χ3n) is 4.21. The number of carbonyl (C=O) groups is 1. The van der Waals surface area contributed by atoms with E-state index in [4.69, 9.17) is 4.74 Å². The van der Waals surface area contributed by atoms with Gasteiger partial charge in [-0.15, -0.1) is 0 Å². The molecule has 0 aromatic rings. The van der Waals surface area contributed by atoms with Crippen LogP contribution in [-0.2, 0) is 9.53 Å².